The van der Waals surface area contributed by atoms with E-state index in [-0.39, 0.29) is 58.0 Å². The van der Waals surface area contributed by atoms with E-state index in [4.69, 9.17) is 13.9 Å². The monoisotopic (exact) mass is 566 g/mol. The van der Waals surface area contributed by atoms with Gasteiger partial charge in [0, 0.05) is 18.8 Å². The number of ether oxygens (including phenoxy) is 2. The fourth-order valence-electron chi connectivity index (χ4n) is 8.61. The number of fused-ring (bicyclic) bond motifs is 5. The smallest absolute Gasteiger partial charge is 0.338 e. The van der Waals surface area contributed by atoms with Crippen LogP contribution in [0.2, 0.25) is 18.1 Å². The van der Waals surface area contributed by atoms with Crippen molar-refractivity contribution in [2.24, 2.45) is 28.6 Å². The Morgan fingerprint density at radius 1 is 1.00 bits per heavy atom. The second kappa shape index (κ2) is 10.4. The van der Waals surface area contributed by atoms with Crippen LogP contribution in [0.5, 0.6) is 0 Å². The first-order valence-electron chi connectivity index (χ1n) is 15.5. The summed E-state index contributed by atoms with van der Waals surface area (Å²) in [5.41, 5.74) is 1.74. The van der Waals surface area contributed by atoms with Gasteiger partial charge in [0.2, 0.25) is 0 Å². The zero-order valence-electron chi connectivity index (χ0n) is 25.9. The number of carbonyl (C=O) groups excluding carboxylic acids is 2. The number of carbonyl (C=O) groups is 2. The lowest BCUT2D eigenvalue weighted by molar-refractivity contribution is -0.177. The van der Waals surface area contributed by atoms with Crippen molar-refractivity contribution >= 4 is 20.3 Å². The minimum atomic E-state index is -2.03. The lowest BCUT2D eigenvalue weighted by Crippen LogP contribution is -2.62. The Hall–Kier alpha value is -1.92. The maximum atomic E-state index is 13.6. The van der Waals surface area contributed by atoms with Gasteiger partial charge in [-0.2, -0.15) is 0 Å². The molecule has 40 heavy (non-hydrogen) atoms. The zero-order chi connectivity index (χ0) is 29.1. The van der Waals surface area contributed by atoms with Gasteiger partial charge in [0.15, 0.2) is 8.32 Å². The lowest BCUT2D eigenvalue weighted by atomic mass is 9.46. The fraction of sp³-hybridized carbons (Fsp3) is 0.706. The average molecular weight is 567 g/mol. The number of benzene rings is 1. The third-order valence-electron chi connectivity index (χ3n) is 11.7. The van der Waals surface area contributed by atoms with Gasteiger partial charge in [0.05, 0.1) is 11.7 Å². The molecule has 0 saturated heterocycles. The topological polar surface area (TPSA) is 61.8 Å². The van der Waals surface area contributed by atoms with Gasteiger partial charge in [-0.25, -0.2) is 4.79 Å². The SMILES string of the molecule is CC(=O)OC1C=C2CCCC[C@]2(C)C2C(OC(=O)c3ccccc3)C[C@@]3(C)C(CC[C@@H]3O[Si](C)(C)C(C)(C)C)C12. The molecule has 5 unspecified atom stereocenters. The van der Waals surface area contributed by atoms with E-state index in [1.165, 1.54) is 18.9 Å². The molecule has 8 atom stereocenters. The Kier molecular flexibility index (Phi) is 7.70. The first-order chi connectivity index (χ1) is 18.7. The Labute approximate surface area is 242 Å². The van der Waals surface area contributed by atoms with Gasteiger partial charge >= 0.3 is 11.9 Å². The van der Waals surface area contributed by atoms with Gasteiger partial charge in [-0.05, 0) is 91.6 Å². The molecule has 0 radical (unpaired) electrons. The highest BCUT2D eigenvalue weighted by Crippen LogP contribution is 2.66. The van der Waals surface area contributed by atoms with Crippen molar-refractivity contribution in [2.75, 3.05) is 0 Å². The molecular formula is C34H50O5Si. The molecular weight excluding hydrogens is 516 g/mol. The maximum Gasteiger partial charge on any atom is 0.338 e. The van der Waals surface area contributed by atoms with E-state index in [9.17, 15) is 9.59 Å². The number of esters is 2. The van der Waals surface area contributed by atoms with Crippen molar-refractivity contribution < 1.29 is 23.5 Å². The summed E-state index contributed by atoms with van der Waals surface area (Å²) in [6, 6.07) is 9.37. The van der Waals surface area contributed by atoms with Gasteiger partial charge in [0.1, 0.15) is 12.2 Å². The summed E-state index contributed by atoms with van der Waals surface area (Å²) in [5, 5.41) is 0.107. The van der Waals surface area contributed by atoms with Crippen LogP contribution < -0.4 is 0 Å². The van der Waals surface area contributed by atoms with E-state index in [1.807, 2.05) is 30.3 Å². The number of allylic oxidation sites excluding steroid dienone is 1. The van der Waals surface area contributed by atoms with Crippen LogP contribution in [0.1, 0.15) is 96.8 Å². The molecule has 4 aliphatic rings. The number of hydrogen-bond acceptors (Lipinski definition) is 5. The van der Waals surface area contributed by atoms with Crippen molar-refractivity contribution in [2.45, 2.75) is 123 Å². The lowest BCUT2D eigenvalue weighted by Gasteiger charge is -2.61. The highest BCUT2D eigenvalue weighted by atomic mass is 28.4. The van der Waals surface area contributed by atoms with Gasteiger partial charge in [-0.15, -0.1) is 0 Å². The first kappa shape index (κ1) is 29.6. The Morgan fingerprint density at radius 3 is 2.35 bits per heavy atom. The summed E-state index contributed by atoms with van der Waals surface area (Å²) < 4.78 is 19.9. The zero-order valence-corrected chi connectivity index (χ0v) is 26.9. The van der Waals surface area contributed by atoms with Gasteiger partial charge < -0.3 is 13.9 Å². The van der Waals surface area contributed by atoms with Crippen LogP contribution in [0.25, 0.3) is 0 Å². The van der Waals surface area contributed by atoms with Crippen LogP contribution in [0.3, 0.4) is 0 Å². The molecule has 0 aliphatic heterocycles. The molecule has 5 rings (SSSR count). The van der Waals surface area contributed by atoms with E-state index in [0.717, 1.165) is 38.5 Å². The molecule has 0 amide bonds. The van der Waals surface area contributed by atoms with Crippen LogP contribution >= 0.6 is 0 Å². The highest BCUT2D eigenvalue weighted by Gasteiger charge is 2.66. The normalized spacial score (nSPS) is 37.5. The van der Waals surface area contributed by atoms with E-state index >= 15 is 0 Å². The molecule has 0 heterocycles. The molecule has 1 aromatic rings. The van der Waals surface area contributed by atoms with Crippen molar-refractivity contribution in [1.29, 1.82) is 0 Å². The maximum absolute atomic E-state index is 13.6. The van der Waals surface area contributed by atoms with Crippen molar-refractivity contribution in [3.63, 3.8) is 0 Å². The largest absolute Gasteiger partial charge is 0.458 e. The van der Waals surface area contributed by atoms with E-state index in [2.05, 4.69) is 53.8 Å². The molecule has 3 saturated carbocycles. The third kappa shape index (κ3) is 5.02. The van der Waals surface area contributed by atoms with E-state index in [1.54, 1.807) is 0 Å². The molecule has 0 spiro atoms. The van der Waals surface area contributed by atoms with Gasteiger partial charge in [-0.3, -0.25) is 4.79 Å². The fourth-order valence-corrected chi connectivity index (χ4v) is 10.1. The minimum Gasteiger partial charge on any atom is -0.458 e. The van der Waals surface area contributed by atoms with Crippen LogP contribution in [-0.2, 0) is 18.7 Å². The van der Waals surface area contributed by atoms with Crippen LogP contribution in [0.4, 0.5) is 0 Å². The molecule has 220 valence electrons. The molecule has 1 aromatic carbocycles. The van der Waals surface area contributed by atoms with Crippen molar-refractivity contribution in [1.82, 2.24) is 0 Å². The van der Waals surface area contributed by atoms with Gasteiger partial charge in [0.25, 0.3) is 0 Å². The predicted octanol–water partition coefficient (Wildman–Crippen LogP) is 8.11. The number of rotatable bonds is 5. The summed E-state index contributed by atoms with van der Waals surface area (Å²) in [6.45, 7) is 17.8. The molecule has 0 bridgehead atoms. The van der Waals surface area contributed by atoms with E-state index < -0.39 is 8.32 Å². The molecule has 3 fully saturated rings. The van der Waals surface area contributed by atoms with Crippen LogP contribution in [-0.4, -0.2) is 38.6 Å². The number of hydrogen-bond donors (Lipinski definition) is 0. The standard InChI is InChI=1S/C34H50O5Si/c1-22(35)37-26-20-24-16-12-13-19-33(24,5)30-27(38-31(36)23-14-10-9-11-15-23)21-34(6)25(29(26)30)17-18-28(34)39-40(7,8)32(2,3)4/h9-11,14-15,20,25-30H,12-13,16-19,21H2,1-8H3/t25?,26?,27?,28-,29?,30?,33-,34-/m0/s1. The third-order valence-corrected chi connectivity index (χ3v) is 16.1. The Morgan fingerprint density at radius 2 is 1.70 bits per heavy atom. The second-order valence-electron chi connectivity index (χ2n) is 15.1. The van der Waals surface area contributed by atoms with Crippen LogP contribution in [0, 0.1) is 28.6 Å². The van der Waals surface area contributed by atoms with Crippen molar-refractivity contribution in [3.05, 3.63) is 47.5 Å². The molecule has 0 N–H and O–H groups in total. The van der Waals surface area contributed by atoms with Gasteiger partial charge in [-0.1, -0.05) is 64.8 Å². The Balaban J connectivity index is 1.59. The minimum absolute atomic E-state index is 0.0685. The summed E-state index contributed by atoms with van der Waals surface area (Å²) in [7, 11) is -2.03. The first-order valence-corrected chi connectivity index (χ1v) is 18.4. The Bertz CT molecular complexity index is 1150. The molecule has 0 aromatic heterocycles. The quantitative estimate of drug-likeness (QED) is 0.205. The summed E-state index contributed by atoms with van der Waals surface area (Å²) in [6.07, 6.45) is 9.10. The molecule has 5 nitrogen and oxygen atoms in total. The predicted molar refractivity (Wildman–Crippen MR) is 160 cm³/mol. The molecule has 4 aliphatic carbocycles. The molecule has 6 heteroatoms. The van der Waals surface area contributed by atoms with E-state index in [0.29, 0.717) is 11.5 Å². The summed E-state index contributed by atoms with van der Waals surface area (Å²) >= 11 is 0. The summed E-state index contributed by atoms with van der Waals surface area (Å²) in [4.78, 5) is 26.1. The van der Waals surface area contributed by atoms with Crippen molar-refractivity contribution in [3.8, 4) is 0 Å². The summed E-state index contributed by atoms with van der Waals surface area (Å²) in [5.74, 6) is 0.0356. The second-order valence-corrected chi connectivity index (χ2v) is 19.8. The average Bonchev–Trinajstić information content (AvgIpc) is 3.18. The van der Waals surface area contributed by atoms with Crippen LogP contribution in [0.15, 0.2) is 42.0 Å². The highest BCUT2D eigenvalue weighted by molar-refractivity contribution is 6.74.